The van der Waals surface area contributed by atoms with Crippen molar-refractivity contribution in [2.75, 3.05) is 18.4 Å². The molecule has 1 aliphatic heterocycles. The van der Waals surface area contributed by atoms with Crippen LogP contribution >= 0.6 is 23.2 Å². The number of piperidine rings is 1. The fraction of sp³-hybridized carbons (Fsp3) is 0.500. The van der Waals surface area contributed by atoms with Gasteiger partial charge in [-0.2, -0.15) is 0 Å². The predicted molar refractivity (Wildman–Crippen MR) is 83.4 cm³/mol. The largest absolute Gasteiger partial charge is 0.327 e. The fourth-order valence-corrected chi connectivity index (χ4v) is 2.79. The van der Waals surface area contributed by atoms with Gasteiger partial charge in [0.15, 0.2) is 0 Å². The molecule has 1 fully saturated rings. The summed E-state index contributed by atoms with van der Waals surface area (Å²) in [4.78, 5) is 14.1. The number of urea groups is 1. The molecule has 1 heterocycles. The third kappa shape index (κ3) is 3.57. The molecule has 3 N–H and O–H groups in total. The Kier molecular flexibility index (Phi) is 5.13. The maximum atomic E-state index is 12.3. The minimum absolute atomic E-state index is 0.153. The average Bonchev–Trinajstić information content (AvgIpc) is 2.43. The molecule has 0 bridgehead atoms. The Bertz CT molecular complexity index is 495. The van der Waals surface area contributed by atoms with Gasteiger partial charge in [0.25, 0.3) is 0 Å². The molecule has 1 aromatic rings. The number of carbonyl (C=O) groups is 1. The molecule has 6 heteroatoms. The lowest BCUT2D eigenvalue weighted by Crippen LogP contribution is -2.50. The normalized spacial score (nSPS) is 22.7. The third-order valence-electron chi connectivity index (χ3n) is 3.77. The highest BCUT2D eigenvalue weighted by Gasteiger charge is 2.28. The number of carbonyl (C=O) groups excluding carboxylic acids is 1. The minimum atomic E-state index is -0.153. The maximum Gasteiger partial charge on any atom is 0.321 e. The standard InChI is InChI=1S/C14H19Cl2N3O/c1-2-9-8-19(6-5-12(9)17)14(20)18-13-7-10(15)3-4-11(13)16/h3-4,7,9,12H,2,5-6,8,17H2,1H3,(H,18,20). The highest BCUT2D eigenvalue weighted by atomic mass is 35.5. The number of nitrogens with one attached hydrogen (secondary N) is 1. The van der Waals surface area contributed by atoms with Crippen molar-refractivity contribution in [3.05, 3.63) is 28.2 Å². The van der Waals surface area contributed by atoms with Crippen molar-refractivity contribution in [2.24, 2.45) is 11.7 Å². The van der Waals surface area contributed by atoms with Crippen LogP contribution in [0.25, 0.3) is 0 Å². The van der Waals surface area contributed by atoms with Gasteiger partial charge in [0, 0.05) is 24.2 Å². The number of amides is 2. The Hall–Kier alpha value is -0.970. The molecule has 4 nitrogen and oxygen atoms in total. The monoisotopic (exact) mass is 315 g/mol. The molecule has 2 amide bonds. The van der Waals surface area contributed by atoms with Crippen LogP contribution in [-0.2, 0) is 0 Å². The van der Waals surface area contributed by atoms with Crippen LogP contribution in [0.15, 0.2) is 18.2 Å². The Labute approximate surface area is 129 Å². The quantitative estimate of drug-likeness (QED) is 0.876. The number of benzene rings is 1. The number of halogens is 2. The molecule has 0 aliphatic carbocycles. The van der Waals surface area contributed by atoms with E-state index in [2.05, 4.69) is 12.2 Å². The Balaban J connectivity index is 2.03. The highest BCUT2D eigenvalue weighted by molar-refractivity contribution is 6.35. The van der Waals surface area contributed by atoms with Gasteiger partial charge in [-0.25, -0.2) is 4.79 Å². The van der Waals surface area contributed by atoms with E-state index in [1.54, 1.807) is 23.1 Å². The van der Waals surface area contributed by atoms with Gasteiger partial charge in [-0.05, 0) is 30.5 Å². The van der Waals surface area contributed by atoms with Crippen molar-refractivity contribution in [3.63, 3.8) is 0 Å². The van der Waals surface area contributed by atoms with Crippen LogP contribution in [0.5, 0.6) is 0 Å². The summed E-state index contributed by atoms with van der Waals surface area (Å²) in [6, 6.07) is 5.03. The van der Waals surface area contributed by atoms with Crippen molar-refractivity contribution >= 4 is 34.9 Å². The van der Waals surface area contributed by atoms with Gasteiger partial charge in [-0.1, -0.05) is 36.5 Å². The van der Waals surface area contributed by atoms with Crippen LogP contribution in [0.1, 0.15) is 19.8 Å². The number of nitrogens with two attached hydrogens (primary N) is 1. The van der Waals surface area contributed by atoms with Crippen LogP contribution in [0.4, 0.5) is 10.5 Å². The molecule has 1 aromatic carbocycles. The van der Waals surface area contributed by atoms with Gasteiger partial charge >= 0.3 is 6.03 Å². The van der Waals surface area contributed by atoms with E-state index < -0.39 is 0 Å². The van der Waals surface area contributed by atoms with Gasteiger partial charge in [-0.15, -0.1) is 0 Å². The summed E-state index contributed by atoms with van der Waals surface area (Å²) < 4.78 is 0. The lowest BCUT2D eigenvalue weighted by atomic mass is 9.91. The van der Waals surface area contributed by atoms with Crippen molar-refractivity contribution in [3.8, 4) is 0 Å². The molecule has 0 radical (unpaired) electrons. The van der Waals surface area contributed by atoms with E-state index >= 15 is 0 Å². The summed E-state index contributed by atoms with van der Waals surface area (Å²) in [6.45, 7) is 3.45. The van der Waals surface area contributed by atoms with E-state index in [0.29, 0.717) is 34.7 Å². The Morgan fingerprint density at radius 1 is 1.50 bits per heavy atom. The second kappa shape index (κ2) is 6.66. The summed E-state index contributed by atoms with van der Waals surface area (Å²) in [7, 11) is 0. The highest BCUT2D eigenvalue weighted by Crippen LogP contribution is 2.26. The van der Waals surface area contributed by atoms with E-state index in [0.717, 1.165) is 12.8 Å². The Morgan fingerprint density at radius 2 is 2.25 bits per heavy atom. The number of nitrogens with zero attached hydrogens (tertiary/aromatic N) is 1. The third-order valence-corrected chi connectivity index (χ3v) is 4.34. The summed E-state index contributed by atoms with van der Waals surface area (Å²) in [5.41, 5.74) is 6.59. The molecule has 110 valence electrons. The number of likely N-dealkylation sites (tertiary alicyclic amines) is 1. The topological polar surface area (TPSA) is 58.4 Å². The lowest BCUT2D eigenvalue weighted by molar-refractivity contribution is 0.164. The molecule has 0 spiro atoms. The van der Waals surface area contributed by atoms with Crippen LogP contribution in [-0.4, -0.2) is 30.1 Å². The maximum absolute atomic E-state index is 12.3. The first-order valence-corrected chi connectivity index (χ1v) is 7.53. The smallest absolute Gasteiger partial charge is 0.321 e. The molecule has 2 atom stereocenters. The van der Waals surface area contributed by atoms with E-state index in [-0.39, 0.29) is 12.1 Å². The molecular weight excluding hydrogens is 297 g/mol. The number of anilines is 1. The average molecular weight is 316 g/mol. The second-order valence-electron chi connectivity index (χ2n) is 5.12. The fourth-order valence-electron chi connectivity index (χ4n) is 2.45. The first-order chi connectivity index (χ1) is 9.51. The zero-order valence-electron chi connectivity index (χ0n) is 11.4. The van der Waals surface area contributed by atoms with Crippen LogP contribution in [0.2, 0.25) is 10.0 Å². The van der Waals surface area contributed by atoms with Gasteiger partial charge in [-0.3, -0.25) is 0 Å². The van der Waals surface area contributed by atoms with Crippen LogP contribution in [0, 0.1) is 5.92 Å². The van der Waals surface area contributed by atoms with E-state index in [9.17, 15) is 4.79 Å². The first kappa shape index (κ1) is 15.4. The summed E-state index contributed by atoms with van der Waals surface area (Å²) in [5, 5.41) is 3.82. The van der Waals surface area contributed by atoms with Gasteiger partial charge in [0.1, 0.15) is 0 Å². The second-order valence-corrected chi connectivity index (χ2v) is 5.96. The molecule has 0 aromatic heterocycles. The molecule has 2 unspecified atom stereocenters. The predicted octanol–water partition coefficient (Wildman–Crippen LogP) is 3.58. The van der Waals surface area contributed by atoms with Crippen molar-refractivity contribution in [1.82, 2.24) is 4.90 Å². The zero-order valence-corrected chi connectivity index (χ0v) is 12.9. The van der Waals surface area contributed by atoms with Crippen molar-refractivity contribution in [1.29, 1.82) is 0 Å². The van der Waals surface area contributed by atoms with E-state index in [4.69, 9.17) is 28.9 Å². The number of hydrogen-bond acceptors (Lipinski definition) is 2. The van der Waals surface area contributed by atoms with Gasteiger partial charge in [0.2, 0.25) is 0 Å². The van der Waals surface area contributed by atoms with E-state index in [1.165, 1.54) is 0 Å². The van der Waals surface area contributed by atoms with Gasteiger partial charge in [0.05, 0.1) is 10.7 Å². The molecule has 1 aliphatic rings. The van der Waals surface area contributed by atoms with E-state index in [1.807, 2.05) is 0 Å². The minimum Gasteiger partial charge on any atom is -0.327 e. The van der Waals surface area contributed by atoms with Gasteiger partial charge < -0.3 is 16.0 Å². The first-order valence-electron chi connectivity index (χ1n) is 6.77. The number of rotatable bonds is 2. The Morgan fingerprint density at radius 3 is 2.95 bits per heavy atom. The molecular formula is C14H19Cl2N3O. The van der Waals surface area contributed by atoms with Crippen molar-refractivity contribution in [2.45, 2.75) is 25.8 Å². The lowest BCUT2D eigenvalue weighted by Gasteiger charge is -2.36. The molecule has 1 saturated heterocycles. The zero-order chi connectivity index (χ0) is 14.7. The summed E-state index contributed by atoms with van der Waals surface area (Å²) in [5.74, 6) is 0.351. The van der Waals surface area contributed by atoms with Crippen molar-refractivity contribution < 1.29 is 4.79 Å². The molecule has 20 heavy (non-hydrogen) atoms. The SMILES string of the molecule is CCC1CN(C(=O)Nc2cc(Cl)ccc2Cl)CCC1N. The number of hydrogen-bond donors (Lipinski definition) is 2. The molecule has 0 saturated carbocycles. The summed E-state index contributed by atoms with van der Waals surface area (Å²) in [6.07, 6.45) is 1.80. The van der Waals surface area contributed by atoms with Crippen LogP contribution < -0.4 is 11.1 Å². The summed E-state index contributed by atoms with van der Waals surface area (Å²) >= 11 is 12.0. The molecule has 2 rings (SSSR count). The van der Waals surface area contributed by atoms with Crippen LogP contribution in [0.3, 0.4) is 0 Å².